The first-order chi connectivity index (χ1) is 10.4. The summed E-state index contributed by atoms with van der Waals surface area (Å²) in [7, 11) is 1.56. The van der Waals surface area contributed by atoms with Crippen molar-refractivity contribution in [2.45, 2.75) is 6.92 Å². The number of carbonyl (C=O) groups excluding carboxylic acids is 2. The van der Waals surface area contributed by atoms with Gasteiger partial charge in [-0.1, -0.05) is 0 Å². The number of rotatable bonds is 3. The Labute approximate surface area is 127 Å². The van der Waals surface area contributed by atoms with E-state index in [0.29, 0.717) is 32.8 Å². The molecule has 2 amide bonds. The second kappa shape index (κ2) is 6.46. The van der Waals surface area contributed by atoms with Crippen LogP contribution in [-0.2, 0) is 11.8 Å². The predicted molar refractivity (Wildman–Crippen MR) is 74.7 cm³/mol. The molecule has 1 aromatic heterocycles. The predicted octanol–water partition coefficient (Wildman–Crippen LogP) is 0.0326. The van der Waals surface area contributed by atoms with Crippen LogP contribution in [0, 0.1) is 0 Å². The molecule has 9 nitrogen and oxygen atoms in total. The second-order valence-electron chi connectivity index (χ2n) is 4.85. The van der Waals surface area contributed by atoms with Gasteiger partial charge in [0.05, 0.1) is 12.2 Å². The van der Waals surface area contributed by atoms with Crippen LogP contribution < -0.4 is 0 Å². The molecule has 0 aliphatic carbocycles. The molecule has 2 heterocycles. The topological polar surface area (TPSA) is 105 Å². The number of ether oxygens (including phenoxy) is 1. The fourth-order valence-electron chi connectivity index (χ4n) is 2.28. The lowest BCUT2D eigenvalue weighted by atomic mass is 10.2. The van der Waals surface area contributed by atoms with E-state index in [0.717, 1.165) is 0 Å². The standard InChI is InChI=1S/C13H18N4O5/c1-3-22-13(21)17-6-4-16(5-7-17)11(18)9-8-15(2)14-10(9)12(19)20/h8H,3-7H2,1-2H3,(H,19,20). The molecule has 0 atom stereocenters. The number of amides is 2. The van der Waals surface area contributed by atoms with E-state index < -0.39 is 18.0 Å². The smallest absolute Gasteiger partial charge is 0.409 e. The molecule has 1 aliphatic rings. The van der Waals surface area contributed by atoms with Gasteiger partial charge >= 0.3 is 12.1 Å². The van der Waals surface area contributed by atoms with Crippen molar-refractivity contribution < 1.29 is 24.2 Å². The number of aryl methyl sites for hydroxylation is 1. The number of hydrogen-bond acceptors (Lipinski definition) is 5. The highest BCUT2D eigenvalue weighted by Crippen LogP contribution is 2.13. The minimum absolute atomic E-state index is 0.0552. The number of nitrogens with zero attached hydrogens (tertiary/aromatic N) is 4. The van der Waals surface area contributed by atoms with Crippen LogP contribution in [0.4, 0.5) is 4.79 Å². The third-order valence-corrected chi connectivity index (χ3v) is 3.35. The summed E-state index contributed by atoms with van der Waals surface area (Å²) >= 11 is 0. The van der Waals surface area contributed by atoms with Gasteiger partial charge in [0.15, 0.2) is 5.69 Å². The number of piperazine rings is 1. The van der Waals surface area contributed by atoms with E-state index in [1.165, 1.54) is 20.7 Å². The Morgan fingerprint density at radius 1 is 1.23 bits per heavy atom. The summed E-state index contributed by atoms with van der Waals surface area (Å²) in [5, 5.41) is 12.9. The summed E-state index contributed by atoms with van der Waals surface area (Å²) in [5.41, 5.74) is -0.208. The first-order valence-corrected chi connectivity index (χ1v) is 6.92. The van der Waals surface area contributed by atoms with E-state index in [1.54, 1.807) is 14.0 Å². The number of carboxylic acid groups (broad SMARTS) is 1. The van der Waals surface area contributed by atoms with Crippen molar-refractivity contribution in [3.05, 3.63) is 17.5 Å². The molecular weight excluding hydrogens is 292 g/mol. The summed E-state index contributed by atoms with van der Waals surface area (Å²) in [5.74, 6) is -1.64. The maximum absolute atomic E-state index is 12.4. The zero-order valence-electron chi connectivity index (χ0n) is 12.5. The number of aromatic carboxylic acids is 1. The molecule has 1 N–H and O–H groups in total. The lowest BCUT2D eigenvalue weighted by Crippen LogP contribution is -2.50. The summed E-state index contributed by atoms with van der Waals surface area (Å²) in [6.45, 7) is 3.39. The number of carbonyl (C=O) groups is 3. The fraction of sp³-hybridized carbons (Fsp3) is 0.538. The molecule has 2 rings (SSSR count). The minimum atomic E-state index is -1.24. The molecule has 0 aromatic carbocycles. The third kappa shape index (κ3) is 3.18. The molecule has 22 heavy (non-hydrogen) atoms. The first kappa shape index (κ1) is 15.8. The summed E-state index contributed by atoms with van der Waals surface area (Å²) in [6, 6.07) is 0. The fourth-order valence-corrected chi connectivity index (χ4v) is 2.28. The van der Waals surface area contributed by atoms with E-state index >= 15 is 0 Å². The average Bonchev–Trinajstić information content (AvgIpc) is 2.89. The molecule has 0 spiro atoms. The Bertz CT molecular complexity index is 589. The second-order valence-corrected chi connectivity index (χ2v) is 4.85. The first-order valence-electron chi connectivity index (χ1n) is 6.92. The summed E-state index contributed by atoms with van der Waals surface area (Å²) in [6.07, 6.45) is 0.992. The Morgan fingerprint density at radius 2 is 1.82 bits per heavy atom. The molecule has 1 fully saturated rings. The van der Waals surface area contributed by atoms with Crippen LogP contribution in [0.5, 0.6) is 0 Å². The number of aromatic nitrogens is 2. The Hall–Kier alpha value is -2.58. The third-order valence-electron chi connectivity index (χ3n) is 3.35. The molecule has 1 aromatic rings. The van der Waals surface area contributed by atoms with Gasteiger partial charge in [0.2, 0.25) is 0 Å². The van der Waals surface area contributed by atoms with Gasteiger partial charge in [-0.2, -0.15) is 5.10 Å². The SMILES string of the molecule is CCOC(=O)N1CCN(C(=O)c2cn(C)nc2C(=O)O)CC1. The highest BCUT2D eigenvalue weighted by molar-refractivity contribution is 6.03. The number of hydrogen-bond donors (Lipinski definition) is 1. The van der Waals surface area contributed by atoms with Gasteiger partial charge in [0, 0.05) is 39.4 Å². The Kier molecular flexibility index (Phi) is 4.64. The maximum Gasteiger partial charge on any atom is 0.409 e. The van der Waals surface area contributed by atoms with Crippen LogP contribution in [-0.4, -0.2) is 75.4 Å². The molecule has 0 bridgehead atoms. The zero-order chi connectivity index (χ0) is 16.3. The van der Waals surface area contributed by atoms with Gasteiger partial charge in [-0.05, 0) is 6.92 Å². The average molecular weight is 310 g/mol. The summed E-state index contributed by atoms with van der Waals surface area (Å²) < 4.78 is 6.21. The van der Waals surface area contributed by atoms with Gasteiger partial charge in [-0.3, -0.25) is 9.48 Å². The molecule has 1 saturated heterocycles. The normalized spacial score (nSPS) is 14.8. The zero-order valence-corrected chi connectivity index (χ0v) is 12.5. The van der Waals surface area contributed by atoms with E-state index in [4.69, 9.17) is 9.84 Å². The number of carboxylic acids is 1. The van der Waals surface area contributed by atoms with E-state index in [-0.39, 0.29) is 11.3 Å². The Balaban J connectivity index is 2.04. The van der Waals surface area contributed by atoms with E-state index in [9.17, 15) is 14.4 Å². The highest BCUT2D eigenvalue weighted by Gasteiger charge is 2.29. The molecule has 0 unspecified atom stereocenters. The highest BCUT2D eigenvalue weighted by atomic mass is 16.6. The van der Waals surface area contributed by atoms with Gasteiger partial charge in [0.25, 0.3) is 5.91 Å². The monoisotopic (exact) mass is 310 g/mol. The van der Waals surface area contributed by atoms with Crippen LogP contribution in [0.15, 0.2) is 6.20 Å². The van der Waals surface area contributed by atoms with Crippen molar-refractivity contribution in [2.75, 3.05) is 32.8 Å². The molecule has 1 aliphatic heterocycles. The van der Waals surface area contributed by atoms with Crippen molar-refractivity contribution in [1.29, 1.82) is 0 Å². The van der Waals surface area contributed by atoms with Crippen LogP contribution >= 0.6 is 0 Å². The van der Waals surface area contributed by atoms with Crippen LogP contribution in [0.1, 0.15) is 27.8 Å². The molecular formula is C13H18N4O5. The minimum Gasteiger partial charge on any atom is -0.476 e. The molecule has 9 heteroatoms. The molecule has 120 valence electrons. The quantitative estimate of drug-likeness (QED) is 0.844. The summed E-state index contributed by atoms with van der Waals surface area (Å²) in [4.78, 5) is 38.2. The largest absolute Gasteiger partial charge is 0.476 e. The van der Waals surface area contributed by atoms with Crippen LogP contribution in [0.25, 0.3) is 0 Å². The molecule has 0 radical (unpaired) electrons. The van der Waals surface area contributed by atoms with Gasteiger partial charge in [-0.15, -0.1) is 0 Å². The maximum atomic E-state index is 12.4. The van der Waals surface area contributed by atoms with Crippen LogP contribution in [0.2, 0.25) is 0 Å². The molecule has 0 saturated carbocycles. The lowest BCUT2D eigenvalue weighted by Gasteiger charge is -2.33. The van der Waals surface area contributed by atoms with Crippen molar-refractivity contribution in [3.8, 4) is 0 Å². The van der Waals surface area contributed by atoms with Gasteiger partial charge < -0.3 is 19.6 Å². The van der Waals surface area contributed by atoms with E-state index in [2.05, 4.69) is 5.10 Å². The van der Waals surface area contributed by atoms with Crippen molar-refractivity contribution in [2.24, 2.45) is 7.05 Å². The lowest BCUT2D eigenvalue weighted by molar-refractivity contribution is 0.0562. The Morgan fingerprint density at radius 3 is 2.36 bits per heavy atom. The van der Waals surface area contributed by atoms with E-state index in [1.807, 2.05) is 0 Å². The van der Waals surface area contributed by atoms with Crippen molar-refractivity contribution in [1.82, 2.24) is 19.6 Å². The van der Waals surface area contributed by atoms with Crippen LogP contribution in [0.3, 0.4) is 0 Å². The van der Waals surface area contributed by atoms with Gasteiger partial charge in [0.1, 0.15) is 0 Å². The van der Waals surface area contributed by atoms with Gasteiger partial charge in [-0.25, -0.2) is 9.59 Å². The van der Waals surface area contributed by atoms with Crippen molar-refractivity contribution in [3.63, 3.8) is 0 Å². The van der Waals surface area contributed by atoms with Crippen molar-refractivity contribution >= 4 is 18.0 Å².